The van der Waals surface area contributed by atoms with Gasteiger partial charge in [-0.05, 0) is 42.6 Å². The van der Waals surface area contributed by atoms with Crippen LogP contribution in [-0.4, -0.2) is 43.4 Å². The van der Waals surface area contributed by atoms with Crippen LogP contribution in [0.3, 0.4) is 0 Å². The number of nitrogen functional groups attached to an aromatic ring is 3. The number of aromatic amines is 1. The summed E-state index contributed by atoms with van der Waals surface area (Å²) in [5, 5.41) is 18.8. The molecule has 0 aliphatic rings. The van der Waals surface area contributed by atoms with Gasteiger partial charge in [-0.25, -0.2) is 4.79 Å². The SMILES string of the molecule is CC(C)(C)C(CCc1c(N)nc(N)nc1N)CCc1c(CCO)nc(=O)[nH]c1CCO. The molecule has 2 rings (SSSR count). The average molecular weight is 434 g/mol. The van der Waals surface area contributed by atoms with E-state index in [1.807, 2.05) is 0 Å². The number of anilines is 3. The van der Waals surface area contributed by atoms with Crippen molar-refractivity contribution in [3.8, 4) is 0 Å². The Bertz CT molecular complexity index is 884. The van der Waals surface area contributed by atoms with Crippen LogP contribution in [0.5, 0.6) is 0 Å². The fourth-order valence-corrected chi connectivity index (χ4v) is 3.97. The lowest BCUT2D eigenvalue weighted by Crippen LogP contribution is -2.25. The van der Waals surface area contributed by atoms with Crippen molar-refractivity contribution in [3.05, 3.63) is 33.0 Å². The normalized spacial score (nSPS) is 12.8. The third-order valence-electron chi connectivity index (χ3n) is 5.72. The topological polar surface area (TPSA) is 190 Å². The summed E-state index contributed by atoms with van der Waals surface area (Å²) >= 11 is 0. The van der Waals surface area contributed by atoms with E-state index in [2.05, 4.69) is 40.7 Å². The summed E-state index contributed by atoms with van der Waals surface area (Å²) in [6.07, 6.45) is 3.56. The fourth-order valence-electron chi connectivity index (χ4n) is 3.97. The Morgan fingerprint density at radius 1 is 0.871 bits per heavy atom. The second kappa shape index (κ2) is 10.5. The van der Waals surface area contributed by atoms with Crippen molar-refractivity contribution in [3.63, 3.8) is 0 Å². The molecule has 0 bridgehead atoms. The van der Waals surface area contributed by atoms with Gasteiger partial charge in [0.2, 0.25) is 5.95 Å². The summed E-state index contributed by atoms with van der Waals surface area (Å²) in [6, 6.07) is 0. The molecule has 1 atom stereocenters. The smallest absolute Gasteiger partial charge is 0.345 e. The van der Waals surface area contributed by atoms with Gasteiger partial charge in [-0.3, -0.25) is 0 Å². The molecule has 0 radical (unpaired) electrons. The Labute approximate surface area is 182 Å². The van der Waals surface area contributed by atoms with Crippen molar-refractivity contribution >= 4 is 17.6 Å². The van der Waals surface area contributed by atoms with Crippen LogP contribution in [0.1, 0.15) is 56.1 Å². The number of nitrogens with zero attached hydrogens (tertiary/aromatic N) is 3. The van der Waals surface area contributed by atoms with Gasteiger partial charge in [-0.15, -0.1) is 0 Å². The average Bonchev–Trinajstić information content (AvgIpc) is 2.64. The van der Waals surface area contributed by atoms with Crippen LogP contribution in [0.15, 0.2) is 4.79 Å². The van der Waals surface area contributed by atoms with E-state index in [0.29, 0.717) is 60.2 Å². The van der Waals surface area contributed by atoms with E-state index in [4.69, 9.17) is 17.2 Å². The Balaban J connectivity index is 2.24. The molecular weight excluding hydrogens is 398 g/mol. The Morgan fingerprint density at radius 3 is 1.94 bits per heavy atom. The fraction of sp³-hybridized carbons (Fsp3) is 0.619. The minimum Gasteiger partial charge on any atom is -0.396 e. The first-order valence-electron chi connectivity index (χ1n) is 10.6. The van der Waals surface area contributed by atoms with E-state index in [0.717, 1.165) is 18.4 Å². The molecule has 9 N–H and O–H groups in total. The van der Waals surface area contributed by atoms with E-state index < -0.39 is 5.69 Å². The summed E-state index contributed by atoms with van der Waals surface area (Å²) in [5.74, 6) is 0.958. The zero-order valence-corrected chi connectivity index (χ0v) is 18.6. The number of nitrogens with one attached hydrogen (secondary N) is 1. The van der Waals surface area contributed by atoms with Crippen LogP contribution in [0.25, 0.3) is 0 Å². The van der Waals surface area contributed by atoms with E-state index in [1.54, 1.807) is 0 Å². The lowest BCUT2D eigenvalue weighted by atomic mass is 9.74. The molecule has 0 aliphatic heterocycles. The molecule has 0 aliphatic carbocycles. The van der Waals surface area contributed by atoms with Crippen LogP contribution in [0.2, 0.25) is 0 Å². The van der Waals surface area contributed by atoms with Crippen LogP contribution >= 0.6 is 0 Å². The quantitative estimate of drug-likeness (QED) is 0.311. The van der Waals surface area contributed by atoms with Gasteiger partial charge in [0.15, 0.2) is 0 Å². The summed E-state index contributed by atoms with van der Waals surface area (Å²) in [6.45, 7) is 6.36. The second-order valence-corrected chi connectivity index (χ2v) is 8.86. The maximum atomic E-state index is 11.9. The highest BCUT2D eigenvalue weighted by atomic mass is 16.3. The zero-order valence-electron chi connectivity index (χ0n) is 18.6. The van der Waals surface area contributed by atoms with Gasteiger partial charge in [0, 0.05) is 37.3 Å². The van der Waals surface area contributed by atoms with Crippen LogP contribution < -0.4 is 22.9 Å². The number of nitrogens with two attached hydrogens (primary N) is 3. The van der Waals surface area contributed by atoms with E-state index in [-0.39, 0.29) is 24.6 Å². The van der Waals surface area contributed by atoms with Gasteiger partial charge >= 0.3 is 5.69 Å². The molecule has 2 aromatic rings. The van der Waals surface area contributed by atoms with Gasteiger partial charge in [-0.1, -0.05) is 20.8 Å². The molecule has 0 saturated heterocycles. The third kappa shape index (κ3) is 6.63. The number of rotatable bonds is 10. The highest BCUT2D eigenvalue weighted by Gasteiger charge is 2.26. The van der Waals surface area contributed by atoms with Gasteiger partial charge in [0.25, 0.3) is 0 Å². The highest BCUT2D eigenvalue weighted by Crippen LogP contribution is 2.35. The minimum absolute atomic E-state index is 0.00207. The monoisotopic (exact) mass is 433 g/mol. The van der Waals surface area contributed by atoms with Crippen molar-refractivity contribution < 1.29 is 10.2 Å². The Kier molecular flexibility index (Phi) is 8.35. The molecule has 2 aromatic heterocycles. The van der Waals surface area contributed by atoms with Gasteiger partial charge in [0.1, 0.15) is 11.6 Å². The summed E-state index contributed by atoms with van der Waals surface area (Å²) in [5.41, 5.74) is 20.0. The summed E-state index contributed by atoms with van der Waals surface area (Å²) < 4.78 is 0. The molecule has 2 heterocycles. The number of aliphatic hydroxyl groups is 2. The molecule has 1 unspecified atom stereocenters. The number of aliphatic hydroxyl groups excluding tert-OH is 2. The largest absolute Gasteiger partial charge is 0.396 e. The van der Waals surface area contributed by atoms with Gasteiger partial charge in [0.05, 0.1) is 5.69 Å². The molecule has 10 nitrogen and oxygen atoms in total. The van der Waals surface area contributed by atoms with Crippen LogP contribution in [0, 0.1) is 11.3 Å². The lowest BCUT2D eigenvalue weighted by molar-refractivity contribution is 0.211. The molecular formula is C21H35N7O3. The first-order valence-corrected chi connectivity index (χ1v) is 10.6. The van der Waals surface area contributed by atoms with Crippen LogP contribution in [-0.2, 0) is 25.7 Å². The van der Waals surface area contributed by atoms with E-state index in [1.165, 1.54) is 0 Å². The summed E-state index contributed by atoms with van der Waals surface area (Å²) in [7, 11) is 0. The first-order chi connectivity index (χ1) is 14.6. The summed E-state index contributed by atoms with van der Waals surface area (Å²) in [4.78, 5) is 26.7. The van der Waals surface area contributed by atoms with Crippen molar-refractivity contribution in [1.82, 2.24) is 19.9 Å². The van der Waals surface area contributed by atoms with Crippen molar-refractivity contribution in [1.29, 1.82) is 0 Å². The third-order valence-corrected chi connectivity index (χ3v) is 5.72. The molecule has 172 valence electrons. The highest BCUT2D eigenvalue weighted by molar-refractivity contribution is 5.55. The molecule has 0 saturated carbocycles. The molecule has 10 heteroatoms. The molecule has 0 spiro atoms. The minimum atomic E-state index is -0.461. The number of hydrogen-bond acceptors (Lipinski definition) is 9. The molecule has 0 amide bonds. The molecule has 31 heavy (non-hydrogen) atoms. The van der Waals surface area contributed by atoms with Crippen LogP contribution in [0.4, 0.5) is 17.6 Å². The first kappa shape index (κ1) is 24.5. The standard InChI is InChI=1S/C21H35N7O3/c1-21(2,3)12(5-7-14-17(22)27-19(24)28-18(14)23)4-6-13-15(8-10-29)25-20(31)26-16(13)9-11-30/h12,29-30H,4-11H2,1-3H3,(H,25,26,31)(H6,22,23,24,27,28). The van der Waals surface area contributed by atoms with Crippen molar-refractivity contribution in [2.75, 3.05) is 30.4 Å². The number of hydrogen-bond donors (Lipinski definition) is 6. The number of H-pyrrole nitrogens is 1. The molecule has 0 aromatic carbocycles. The maximum absolute atomic E-state index is 11.9. The zero-order chi connectivity index (χ0) is 23.2. The van der Waals surface area contributed by atoms with Gasteiger partial charge in [-0.2, -0.15) is 15.0 Å². The predicted octanol–water partition coefficient (Wildman–Crippen LogP) is 0.604. The second-order valence-electron chi connectivity index (χ2n) is 8.86. The lowest BCUT2D eigenvalue weighted by Gasteiger charge is -2.31. The van der Waals surface area contributed by atoms with Crippen molar-refractivity contribution in [2.45, 2.75) is 59.3 Å². The molecule has 0 fully saturated rings. The van der Waals surface area contributed by atoms with E-state index in [9.17, 15) is 15.0 Å². The van der Waals surface area contributed by atoms with E-state index >= 15 is 0 Å². The van der Waals surface area contributed by atoms with Gasteiger partial charge < -0.3 is 32.4 Å². The Morgan fingerprint density at radius 2 is 1.42 bits per heavy atom. The predicted molar refractivity (Wildman–Crippen MR) is 121 cm³/mol. The number of aromatic nitrogens is 4. The Hall–Kier alpha value is -2.72. The maximum Gasteiger partial charge on any atom is 0.345 e. The van der Waals surface area contributed by atoms with Crippen molar-refractivity contribution in [2.24, 2.45) is 11.3 Å².